The highest BCUT2D eigenvalue weighted by Gasteiger charge is 2.08. The molecular weight excluding hydrogens is 314 g/mol. The van der Waals surface area contributed by atoms with Gasteiger partial charge in [-0.3, -0.25) is 10.1 Å². The molecular formula is C15H11N5O2S. The molecule has 0 radical (unpaired) electrons. The summed E-state index contributed by atoms with van der Waals surface area (Å²) < 4.78 is 1.81. The van der Waals surface area contributed by atoms with Crippen molar-refractivity contribution in [3.63, 3.8) is 0 Å². The molecule has 7 nitrogen and oxygen atoms in total. The lowest BCUT2D eigenvalue weighted by atomic mass is 10.2. The summed E-state index contributed by atoms with van der Waals surface area (Å²) in [6.07, 6.45) is 1.50. The number of aromatic nitrogens is 3. The maximum Gasteiger partial charge on any atom is 0.270 e. The van der Waals surface area contributed by atoms with E-state index in [1.165, 1.54) is 23.0 Å². The Morgan fingerprint density at radius 2 is 2.00 bits per heavy atom. The van der Waals surface area contributed by atoms with Gasteiger partial charge in [0.05, 0.1) is 11.1 Å². The minimum absolute atomic E-state index is 0.00743. The topological polar surface area (TPSA) is 89.1 Å². The van der Waals surface area contributed by atoms with Crippen molar-refractivity contribution in [2.45, 2.75) is 0 Å². The molecule has 3 aromatic rings. The molecule has 2 aromatic carbocycles. The van der Waals surface area contributed by atoms with E-state index in [1.54, 1.807) is 12.1 Å². The molecule has 114 valence electrons. The Balaban J connectivity index is 1.98. The number of H-pyrrole nitrogens is 1. The van der Waals surface area contributed by atoms with Gasteiger partial charge in [-0.1, -0.05) is 42.5 Å². The Labute approximate surface area is 136 Å². The summed E-state index contributed by atoms with van der Waals surface area (Å²) in [5.74, 6) is 0.567. The lowest BCUT2D eigenvalue weighted by molar-refractivity contribution is -0.384. The number of nitro benzene ring substituents is 1. The van der Waals surface area contributed by atoms with Gasteiger partial charge >= 0.3 is 0 Å². The van der Waals surface area contributed by atoms with Gasteiger partial charge in [0.1, 0.15) is 0 Å². The maximum absolute atomic E-state index is 10.8. The van der Waals surface area contributed by atoms with E-state index in [1.807, 2.05) is 30.3 Å². The molecule has 23 heavy (non-hydrogen) atoms. The second-order valence-corrected chi connectivity index (χ2v) is 5.01. The predicted molar refractivity (Wildman–Crippen MR) is 88.9 cm³/mol. The number of aromatic amines is 1. The lowest BCUT2D eigenvalue weighted by Gasteiger charge is -2.00. The van der Waals surface area contributed by atoms with Crippen molar-refractivity contribution in [1.29, 1.82) is 0 Å². The summed E-state index contributed by atoms with van der Waals surface area (Å²) in [5.41, 5.74) is 1.46. The first-order valence-electron chi connectivity index (χ1n) is 6.67. The number of benzene rings is 2. The highest BCUT2D eigenvalue weighted by molar-refractivity contribution is 7.71. The van der Waals surface area contributed by atoms with Crippen molar-refractivity contribution in [1.82, 2.24) is 14.9 Å². The van der Waals surface area contributed by atoms with Crippen LogP contribution in [-0.4, -0.2) is 26.0 Å². The number of nitrogens with zero attached hydrogens (tertiary/aromatic N) is 4. The van der Waals surface area contributed by atoms with E-state index in [4.69, 9.17) is 12.2 Å². The van der Waals surface area contributed by atoms with Crippen LogP contribution in [0, 0.1) is 14.9 Å². The number of non-ortho nitro benzene ring substituents is 1. The van der Waals surface area contributed by atoms with Crippen molar-refractivity contribution in [3.8, 4) is 11.4 Å². The normalized spacial score (nSPS) is 11.0. The zero-order valence-corrected chi connectivity index (χ0v) is 12.6. The molecule has 8 heteroatoms. The monoisotopic (exact) mass is 325 g/mol. The molecule has 1 heterocycles. The molecule has 0 aliphatic heterocycles. The number of nitro groups is 1. The van der Waals surface area contributed by atoms with Crippen LogP contribution >= 0.6 is 12.2 Å². The molecule has 0 amide bonds. The van der Waals surface area contributed by atoms with Gasteiger partial charge in [-0.05, 0) is 12.2 Å². The summed E-state index contributed by atoms with van der Waals surface area (Å²) in [6, 6.07) is 15.7. The standard InChI is InChI=1S/C15H11N5O2S/c21-20(22)13-8-4-5-11(9-13)10-16-19-14(17-18-15(19)23)12-6-2-1-3-7-12/h1-10H,(H,18,23)/b16-10-. The zero-order chi connectivity index (χ0) is 16.2. The molecule has 0 saturated heterocycles. The average Bonchev–Trinajstić information content (AvgIpc) is 2.95. The van der Waals surface area contributed by atoms with Crippen LogP contribution in [0.15, 0.2) is 59.7 Å². The largest absolute Gasteiger partial charge is 0.270 e. The van der Waals surface area contributed by atoms with E-state index in [2.05, 4.69) is 15.3 Å². The second-order valence-electron chi connectivity index (χ2n) is 4.63. The van der Waals surface area contributed by atoms with Gasteiger partial charge in [-0.2, -0.15) is 14.9 Å². The van der Waals surface area contributed by atoms with E-state index in [-0.39, 0.29) is 5.69 Å². The van der Waals surface area contributed by atoms with Crippen LogP contribution in [0.4, 0.5) is 5.69 Å². The maximum atomic E-state index is 10.8. The number of hydrogen-bond acceptors (Lipinski definition) is 5. The average molecular weight is 325 g/mol. The van der Waals surface area contributed by atoms with E-state index in [0.29, 0.717) is 16.2 Å². The van der Waals surface area contributed by atoms with Gasteiger partial charge in [0, 0.05) is 23.3 Å². The van der Waals surface area contributed by atoms with Crippen molar-refractivity contribution >= 4 is 24.1 Å². The van der Waals surface area contributed by atoms with Crippen molar-refractivity contribution in [2.75, 3.05) is 0 Å². The molecule has 3 rings (SSSR count). The molecule has 0 fully saturated rings. The second kappa shape index (κ2) is 6.32. The fraction of sp³-hybridized carbons (Fsp3) is 0. The van der Waals surface area contributed by atoms with E-state index < -0.39 is 4.92 Å². The zero-order valence-electron chi connectivity index (χ0n) is 11.8. The first-order chi connectivity index (χ1) is 11.1. The highest BCUT2D eigenvalue weighted by atomic mass is 32.1. The van der Waals surface area contributed by atoms with Crippen molar-refractivity contribution < 1.29 is 4.92 Å². The summed E-state index contributed by atoms with van der Waals surface area (Å²) in [4.78, 5) is 10.4. The summed E-state index contributed by atoms with van der Waals surface area (Å²) in [7, 11) is 0. The molecule has 1 N–H and O–H groups in total. The number of nitrogens with one attached hydrogen (secondary N) is 1. The summed E-state index contributed by atoms with van der Waals surface area (Å²) in [6.45, 7) is 0. The fourth-order valence-electron chi connectivity index (χ4n) is 2.02. The fourth-order valence-corrected chi connectivity index (χ4v) is 2.20. The van der Waals surface area contributed by atoms with Gasteiger partial charge in [-0.15, -0.1) is 0 Å². The van der Waals surface area contributed by atoms with Crippen LogP contribution in [-0.2, 0) is 0 Å². The number of hydrogen-bond donors (Lipinski definition) is 1. The first kappa shape index (κ1) is 14.8. The number of rotatable bonds is 4. The lowest BCUT2D eigenvalue weighted by Crippen LogP contribution is -1.95. The Morgan fingerprint density at radius 1 is 1.22 bits per heavy atom. The van der Waals surface area contributed by atoms with Crippen LogP contribution in [0.1, 0.15) is 5.56 Å². The van der Waals surface area contributed by atoms with Gasteiger partial charge in [-0.25, -0.2) is 5.10 Å². The molecule has 0 aliphatic carbocycles. The third-order valence-electron chi connectivity index (χ3n) is 3.09. The van der Waals surface area contributed by atoms with E-state index in [0.717, 1.165) is 5.56 Å². The van der Waals surface area contributed by atoms with Gasteiger partial charge in [0.2, 0.25) is 4.77 Å². The minimum atomic E-state index is -0.448. The van der Waals surface area contributed by atoms with Gasteiger partial charge in [0.15, 0.2) is 5.82 Å². The molecule has 0 spiro atoms. The highest BCUT2D eigenvalue weighted by Crippen LogP contribution is 2.17. The first-order valence-corrected chi connectivity index (χ1v) is 7.07. The minimum Gasteiger partial charge on any atom is -0.258 e. The molecule has 1 aromatic heterocycles. The van der Waals surface area contributed by atoms with Crippen LogP contribution < -0.4 is 0 Å². The molecule has 0 aliphatic rings. The molecule has 0 bridgehead atoms. The van der Waals surface area contributed by atoms with E-state index in [9.17, 15) is 10.1 Å². The molecule has 0 unspecified atom stereocenters. The van der Waals surface area contributed by atoms with Crippen LogP contribution in [0.2, 0.25) is 0 Å². The summed E-state index contributed by atoms with van der Waals surface area (Å²) >= 11 is 5.18. The van der Waals surface area contributed by atoms with Crippen molar-refractivity contribution in [3.05, 3.63) is 75.0 Å². The third kappa shape index (κ3) is 3.22. The van der Waals surface area contributed by atoms with Crippen LogP contribution in [0.3, 0.4) is 0 Å². The SMILES string of the molecule is O=[N+]([O-])c1cccc(/C=N\n2c(-c3ccccc3)n[nH]c2=S)c1. The Hall–Kier alpha value is -3.13. The predicted octanol–water partition coefficient (Wildman–Crippen LogP) is 3.40. The van der Waals surface area contributed by atoms with Gasteiger partial charge in [0.25, 0.3) is 5.69 Å². The smallest absolute Gasteiger partial charge is 0.258 e. The van der Waals surface area contributed by atoms with E-state index >= 15 is 0 Å². The Bertz CT molecular complexity index is 930. The Kier molecular flexibility index (Phi) is 4.07. The summed E-state index contributed by atoms with van der Waals surface area (Å²) in [5, 5.41) is 22.0. The third-order valence-corrected chi connectivity index (χ3v) is 3.35. The van der Waals surface area contributed by atoms with Crippen molar-refractivity contribution in [2.24, 2.45) is 5.10 Å². The Morgan fingerprint density at radius 3 is 2.74 bits per heavy atom. The van der Waals surface area contributed by atoms with Crippen LogP contribution in [0.5, 0.6) is 0 Å². The quantitative estimate of drug-likeness (QED) is 0.344. The molecule has 0 atom stereocenters. The van der Waals surface area contributed by atoms with Crippen LogP contribution in [0.25, 0.3) is 11.4 Å². The molecule has 0 saturated carbocycles. The van der Waals surface area contributed by atoms with Gasteiger partial charge < -0.3 is 0 Å².